The van der Waals surface area contributed by atoms with E-state index in [9.17, 15) is 9.59 Å². The number of hydrogen-bond acceptors (Lipinski definition) is 4. The molecule has 0 bridgehead atoms. The van der Waals surface area contributed by atoms with Crippen LogP contribution >= 0.6 is 0 Å². The highest BCUT2D eigenvalue weighted by Gasteiger charge is 2.15. The number of nitrogens with one attached hydrogen (secondary N) is 1. The molecule has 0 aromatic carbocycles. The van der Waals surface area contributed by atoms with Gasteiger partial charge in [0.05, 0.1) is 18.3 Å². The van der Waals surface area contributed by atoms with Crippen molar-refractivity contribution in [2.75, 3.05) is 0 Å². The van der Waals surface area contributed by atoms with Crippen LogP contribution in [0.4, 0.5) is 0 Å². The fourth-order valence-corrected chi connectivity index (χ4v) is 2.05. The lowest BCUT2D eigenvalue weighted by atomic mass is 10.2. The lowest BCUT2D eigenvalue weighted by molar-refractivity contribution is 0.0660. The molecule has 0 aliphatic heterocycles. The molecule has 2 N–H and O–H groups in total. The largest absolute Gasteiger partial charge is 0.475 e. The van der Waals surface area contributed by atoms with Crippen molar-refractivity contribution >= 4 is 11.9 Å². The van der Waals surface area contributed by atoms with Crippen LogP contribution in [0.2, 0.25) is 0 Å². The van der Waals surface area contributed by atoms with E-state index in [-0.39, 0.29) is 18.2 Å². The number of carbonyl (C=O) groups is 2. The smallest absolute Gasteiger partial charge is 0.371 e. The number of aromatic nitrogens is 2. The molecule has 0 radical (unpaired) electrons. The molecule has 7 heteroatoms. The van der Waals surface area contributed by atoms with E-state index in [4.69, 9.17) is 9.52 Å². The highest BCUT2D eigenvalue weighted by molar-refractivity contribution is 5.95. The van der Waals surface area contributed by atoms with Gasteiger partial charge in [-0.15, -0.1) is 0 Å². The molecule has 0 saturated carbocycles. The van der Waals surface area contributed by atoms with E-state index >= 15 is 0 Å². The second-order valence-corrected chi connectivity index (χ2v) is 5.47. The minimum atomic E-state index is -1.14. The third-order valence-electron chi connectivity index (χ3n) is 3.18. The first-order valence-corrected chi connectivity index (χ1v) is 7.01. The van der Waals surface area contributed by atoms with Crippen molar-refractivity contribution in [1.29, 1.82) is 0 Å². The van der Waals surface area contributed by atoms with Crippen molar-refractivity contribution in [3.63, 3.8) is 0 Å². The minimum Gasteiger partial charge on any atom is -0.475 e. The maximum absolute atomic E-state index is 12.2. The van der Waals surface area contributed by atoms with E-state index < -0.39 is 5.97 Å². The molecule has 0 saturated heterocycles. The Morgan fingerprint density at radius 3 is 2.73 bits per heavy atom. The van der Waals surface area contributed by atoms with E-state index in [1.54, 1.807) is 4.68 Å². The molecule has 0 unspecified atom stereocenters. The zero-order valence-electron chi connectivity index (χ0n) is 12.8. The molecule has 0 fully saturated rings. The van der Waals surface area contributed by atoms with Crippen LogP contribution in [0, 0.1) is 12.8 Å². The van der Waals surface area contributed by atoms with Crippen LogP contribution < -0.4 is 5.32 Å². The first kappa shape index (κ1) is 15.8. The van der Waals surface area contributed by atoms with Gasteiger partial charge in [-0.25, -0.2) is 4.79 Å². The molecule has 2 aromatic heterocycles. The molecule has 2 rings (SSSR count). The molecule has 0 atom stereocenters. The van der Waals surface area contributed by atoms with Gasteiger partial charge in [0.2, 0.25) is 5.76 Å². The summed E-state index contributed by atoms with van der Waals surface area (Å²) in [7, 11) is 0. The number of furan rings is 1. The van der Waals surface area contributed by atoms with Gasteiger partial charge in [0.25, 0.3) is 5.91 Å². The summed E-state index contributed by atoms with van der Waals surface area (Å²) in [6.07, 6.45) is 1.54. The highest BCUT2D eigenvalue weighted by Crippen LogP contribution is 2.11. The van der Waals surface area contributed by atoms with Crippen molar-refractivity contribution in [3.05, 3.63) is 41.1 Å². The summed E-state index contributed by atoms with van der Waals surface area (Å²) >= 11 is 0. The van der Waals surface area contributed by atoms with Gasteiger partial charge in [0, 0.05) is 12.2 Å². The molecule has 2 heterocycles. The number of hydrogen-bond donors (Lipinski definition) is 2. The third-order valence-corrected chi connectivity index (χ3v) is 3.18. The fourth-order valence-electron chi connectivity index (χ4n) is 2.05. The van der Waals surface area contributed by atoms with Crippen LogP contribution in [-0.2, 0) is 13.1 Å². The monoisotopic (exact) mass is 305 g/mol. The van der Waals surface area contributed by atoms with Crippen LogP contribution in [0.5, 0.6) is 0 Å². The first-order chi connectivity index (χ1) is 10.4. The maximum atomic E-state index is 12.2. The van der Waals surface area contributed by atoms with Gasteiger partial charge in [-0.2, -0.15) is 5.10 Å². The van der Waals surface area contributed by atoms with E-state index in [2.05, 4.69) is 24.3 Å². The van der Waals surface area contributed by atoms with E-state index in [0.29, 0.717) is 17.2 Å². The van der Waals surface area contributed by atoms with Gasteiger partial charge in [-0.05, 0) is 25.0 Å². The highest BCUT2D eigenvalue weighted by atomic mass is 16.4. The summed E-state index contributed by atoms with van der Waals surface area (Å²) in [5.74, 6) is -0.723. The van der Waals surface area contributed by atoms with Crippen LogP contribution in [0.25, 0.3) is 0 Å². The van der Waals surface area contributed by atoms with E-state index in [1.165, 1.54) is 18.3 Å². The van der Waals surface area contributed by atoms with E-state index in [0.717, 1.165) is 12.2 Å². The second-order valence-electron chi connectivity index (χ2n) is 5.47. The Bertz CT molecular complexity index is 685. The summed E-state index contributed by atoms with van der Waals surface area (Å²) in [6.45, 7) is 6.88. The fraction of sp³-hybridized carbons (Fsp3) is 0.400. The van der Waals surface area contributed by atoms with Crippen molar-refractivity contribution < 1.29 is 19.1 Å². The van der Waals surface area contributed by atoms with Crippen LogP contribution in [0.15, 0.2) is 22.7 Å². The Labute approximate surface area is 127 Å². The zero-order chi connectivity index (χ0) is 16.3. The molecular weight excluding hydrogens is 286 g/mol. The predicted molar refractivity (Wildman–Crippen MR) is 78.6 cm³/mol. The van der Waals surface area contributed by atoms with Crippen LogP contribution in [0.1, 0.15) is 46.2 Å². The molecule has 7 nitrogen and oxygen atoms in total. The Kier molecular flexibility index (Phi) is 4.65. The Morgan fingerprint density at radius 1 is 1.41 bits per heavy atom. The molecule has 0 spiro atoms. The lowest BCUT2D eigenvalue weighted by Crippen LogP contribution is -2.23. The molecule has 2 aromatic rings. The van der Waals surface area contributed by atoms with Gasteiger partial charge in [0.1, 0.15) is 5.76 Å². The standard InChI is InChI=1S/C15H19N3O4/c1-9(2)8-18-10(3)12(7-17-18)14(19)16-6-11-4-5-13(22-11)15(20)21/h4-5,7,9H,6,8H2,1-3H3,(H,16,19)(H,20,21). The average Bonchev–Trinajstić information content (AvgIpc) is 3.04. The summed E-state index contributed by atoms with van der Waals surface area (Å²) in [6, 6.07) is 2.88. The van der Waals surface area contributed by atoms with Gasteiger partial charge < -0.3 is 14.8 Å². The average molecular weight is 305 g/mol. The first-order valence-electron chi connectivity index (χ1n) is 7.01. The van der Waals surface area contributed by atoms with Gasteiger partial charge in [0.15, 0.2) is 0 Å². The number of carboxylic acid groups (broad SMARTS) is 1. The lowest BCUT2D eigenvalue weighted by Gasteiger charge is -2.08. The molecule has 0 aliphatic carbocycles. The quantitative estimate of drug-likeness (QED) is 0.851. The Morgan fingerprint density at radius 2 is 2.14 bits per heavy atom. The summed E-state index contributed by atoms with van der Waals surface area (Å²) in [5.41, 5.74) is 1.31. The van der Waals surface area contributed by atoms with Crippen LogP contribution in [0.3, 0.4) is 0 Å². The van der Waals surface area contributed by atoms with Gasteiger partial charge in [-0.1, -0.05) is 13.8 Å². The zero-order valence-corrected chi connectivity index (χ0v) is 12.8. The molecule has 22 heavy (non-hydrogen) atoms. The number of carbonyl (C=O) groups excluding carboxylic acids is 1. The van der Waals surface area contributed by atoms with Gasteiger partial charge in [-0.3, -0.25) is 9.48 Å². The van der Waals surface area contributed by atoms with Crippen molar-refractivity contribution in [1.82, 2.24) is 15.1 Å². The van der Waals surface area contributed by atoms with E-state index in [1.807, 2.05) is 6.92 Å². The third kappa shape index (κ3) is 3.55. The SMILES string of the molecule is Cc1c(C(=O)NCc2ccc(C(=O)O)o2)cnn1CC(C)C. The minimum absolute atomic E-state index is 0.126. The van der Waals surface area contributed by atoms with Gasteiger partial charge >= 0.3 is 5.97 Å². The Balaban J connectivity index is 2.00. The predicted octanol–water partition coefficient (Wildman–Crippen LogP) is 2.07. The number of carboxylic acids is 1. The maximum Gasteiger partial charge on any atom is 0.371 e. The molecule has 118 valence electrons. The summed E-state index contributed by atoms with van der Waals surface area (Å²) in [4.78, 5) is 22.9. The number of rotatable bonds is 6. The topological polar surface area (TPSA) is 97.4 Å². The van der Waals surface area contributed by atoms with Crippen molar-refractivity contribution in [2.45, 2.75) is 33.9 Å². The van der Waals surface area contributed by atoms with Crippen molar-refractivity contribution in [3.8, 4) is 0 Å². The summed E-state index contributed by atoms with van der Waals surface area (Å²) < 4.78 is 6.88. The van der Waals surface area contributed by atoms with Crippen molar-refractivity contribution in [2.24, 2.45) is 5.92 Å². The van der Waals surface area contributed by atoms with Crippen LogP contribution in [-0.4, -0.2) is 26.8 Å². The summed E-state index contributed by atoms with van der Waals surface area (Å²) in [5, 5.41) is 15.7. The number of amides is 1. The second kappa shape index (κ2) is 6.46. The Hall–Kier alpha value is -2.57. The molecule has 0 aliphatic rings. The molecular formula is C15H19N3O4. The normalized spacial score (nSPS) is 10.9. The molecule has 1 amide bonds. The number of aromatic carboxylic acids is 1. The number of nitrogens with zero attached hydrogens (tertiary/aromatic N) is 2.